The molecule has 0 atom stereocenters. The highest BCUT2D eigenvalue weighted by Gasteiger charge is 2.00. The Hall–Kier alpha value is -1.21. The van der Waals surface area contributed by atoms with Crippen LogP contribution in [-0.4, -0.2) is 4.40 Å². The molecule has 0 bridgehead atoms. The number of benzene rings is 1. The second-order valence-corrected chi connectivity index (χ2v) is 2.82. The Bertz CT molecular complexity index is 447. The van der Waals surface area contributed by atoms with Crippen LogP contribution in [0.2, 0.25) is 0 Å². The summed E-state index contributed by atoms with van der Waals surface area (Å²) in [6.45, 7) is 0. The lowest BCUT2D eigenvalue weighted by atomic mass is 10.2. The number of hydrogen-bond donors (Lipinski definition) is 0. The van der Waals surface area contributed by atoms with Crippen molar-refractivity contribution in [3.05, 3.63) is 42.7 Å². The Kier molecular flexibility index (Phi) is 1.48. The van der Waals surface area contributed by atoms with Crippen LogP contribution in [0.5, 0.6) is 0 Å². The number of nitrogens with zero attached hydrogens (tertiary/aromatic N) is 1. The first-order chi connectivity index (χ1) is 5.45. The predicted molar refractivity (Wildman–Crippen MR) is 53.3 cm³/mol. The fraction of sp³-hybridized carbons (Fsp3) is 0. The molecule has 2 heteroatoms. The molecule has 1 nitrogen and oxygen atoms in total. The van der Waals surface area contributed by atoms with Crippen LogP contribution in [0.25, 0.3) is 16.3 Å². The van der Waals surface area contributed by atoms with Gasteiger partial charge in [0.05, 0.1) is 5.52 Å². The van der Waals surface area contributed by atoms with Gasteiger partial charge in [-0.2, -0.15) is 0 Å². The zero-order valence-corrected chi connectivity index (χ0v) is 7.21. The Labute approximate surface area is 76.4 Å². The topological polar surface area (TPSA) is 4.41 Å². The number of para-hydroxylation sites is 1. The molecule has 0 radical (unpaired) electrons. The third-order valence-corrected chi connectivity index (χ3v) is 2.19. The van der Waals surface area contributed by atoms with Crippen molar-refractivity contribution in [3.63, 3.8) is 0 Å². The first kappa shape index (κ1) is 7.44. The lowest BCUT2D eigenvalue weighted by Gasteiger charge is -1.88. The molecule has 0 spiro atoms. The first-order valence-corrected chi connectivity index (χ1v) is 3.73. The Balaban J connectivity index is 0.000000563. The molecule has 12 heavy (non-hydrogen) atoms. The molecule has 0 unspecified atom stereocenters. The van der Waals surface area contributed by atoms with Crippen molar-refractivity contribution in [1.82, 2.24) is 4.40 Å². The minimum absolute atomic E-state index is 0. The summed E-state index contributed by atoms with van der Waals surface area (Å²) in [7, 11) is 0. The largest absolute Gasteiger partial charge is 0.323 e. The summed E-state index contributed by atoms with van der Waals surface area (Å²) in [6.07, 6.45) is 4.19. The third kappa shape index (κ3) is 0.743. The molecule has 2 heterocycles. The molecule has 0 aliphatic carbocycles. The van der Waals surface area contributed by atoms with Crippen LogP contribution in [0.1, 0.15) is 0 Å². The van der Waals surface area contributed by atoms with Crippen molar-refractivity contribution in [2.75, 3.05) is 0 Å². The van der Waals surface area contributed by atoms with E-state index in [1.54, 1.807) is 0 Å². The number of aromatic nitrogens is 1. The van der Waals surface area contributed by atoms with Crippen LogP contribution < -0.4 is 0 Å². The zero-order valence-electron chi connectivity index (χ0n) is 6.40. The second-order valence-electron chi connectivity index (χ2n) is 2.82. The van der Waals surface area contributed by atoms with E-state index in [2.05, 4.69) is 47.1 Å². The van der Waals surface area contributed by atoms with E-state index in [1.165, 1.54) is 16.3 Å². The van der Waals surface area contributed by atoms with Crippen molar-refractivity contribution in [2.24, 2.45) is 0 Å². The molecule has 0 fully saturated rings. The minimum Gasteiger partial charge on any atom is -0.323 e. The standard InChI is InChI=1S/C10H7N.ClH/c1-2-8-4-6-11-7-5-9(3-1)10(8)11;/h1-7H;1H. The maximum Gasteiger partial charge on any atom is 0.0595 e. The molecule has 3 rings (SSSR count). The number of halogens is 1. The van der Waals surface area contributed by atoms with E-state index in [0.717, 1.165) is 0 Å². The molecular formula is C10H8ClN. The van der Waals surface area contributed by atoms with E-state index in [1.807, 2.05) is 0 Å². The summed E-state index contributed by atoms with van der Waals surface area (Å²) >= 11 is 0. The third-order valence-electron chi connectivity index (χ3n) is 2.19. The Morgan fingerprint density at radius 3 is 2.00 bits per heavy atom. The first-order valence-electron chi connectivity index (χ1n) is 3.73. The summed E-state index contributed by atoms with van der Waals surface area (Å²) in [4.78, 5) is 0. The number of rotatable bonds is 0. The van der Waals surface area contributed by atoms with Gasteiger partial charge in [-0.05, 0) is 12.1 Å². The second kappa shape index (κ2) is 2.39. The van der Waals surface area contributed by atoms with Gasteiger partial charge < -0.3 is 4.40 Å². The highest BCUT2D eigenvalue weighted by molar-refractivity contribution is 5.96. The average molecular weight is 178 g/mol. The summed E-state index contributed by atoms with van der Waals surface area (Å²) in [6, 6.07) is 10.7. The Morgan fingerprint density at radius 1 is 0.833 bits per heavy atom. The summed E-state index contributed by atoms with van der Waals surface area (Å²) in [5, 5.41) is 2.65. The van der Waals surface area contributed by atoms with Gasteiger partial charge in [-0.25, -0.2) is 0 Å². The van der Waals surface area contributed by atoms with Crippen molar-refractivity contribution in [2.45, 2.75) is 0 Å². The summed E-state index contributed by atoms with van der Waals surface area (Å²) < 4.78 is 2.16. The monoisotopic (exact) mass is 177 g/mol. The van der Waals surface area contributed by atoms with Gasteiger partial charge in [0.1, 0.15) is 0 Å². The number of hydrogen-bond acceptors (Lipinski definition) is 0. The van der Waals surface area contributed by atoms with Gasteiger partial charge in [-0.1, -0.05) is 18.2 Å². The fourth-order valence-corrected chi connectivity index (χ4v) is 1.67. The van der Waals surface area contributed by atoms with Gasteiger partial charge >= 0.3 is 0 Å². The molecule has 0 saturated heterocycles. The molecule has 0 N–H and O–H groups in total. The van der Waals surface area contributed by atoms with E-state index in [9.17, 15) is 0 Å². The zero-order chi connectivity index (χ0) is 7.26. The van der Waals surface area contributed by atoms with Crippen molar-refractivity contribution < 1.29 is 0 Å². The van der Waals surface area contributed by atoms with Gasteiger partial charge in [0.2, 0.25) is 0 Å². The molecule has 1 aromatic carbocycles. The van der Waals surface area contributed by atoms with Crippen LogP contribution in [0.15, 0.2) is 42.7 Å². The molecule has 60 valence electrons. The highest BCUT2D eigenvalue weighted by Crippen LogP contribution is 2.22. The molecular weight excluding hydrogens is 170 g/mol. The van der Waals surface area contributed by atoms with Gasteiger partial charge in [0, 0.05) is 23.2 Å². The maximum absolute atomic E-state index is 2.16. The molecule has 0 aliphatic heterocycles. The van der Waals surface area contributed by atoms with Crippen LogP contribution >= 0.6 is 12.4 Å². The normalized spacial score (nSPS) is 10.7. The van der Waals surface area contributed by atoms with Crippen molar-refractivity contribution in [1.29, 1.82) is 0 Å². The minimum atomic E-state index is 0. The van der Waals surface area contributed by atoms with Crippen LogP contribution in [-0.2, 0) is 0 Å². The Morgan fingerprint density at radius 2 is 1.42 bits per heavy atom. The lowest BCUT2D eigenvalue weighted by molar-refractivity contribution is 1.24. The van der Waals surface area contributed by atoms with E-state index in [0.29, 0.717) is 0 Å². The van der Waals surface area contributed by atoms with Crippen LogP contribution in [0, 0.1) is 0 Å². The molecule has 0 aliphatic rings. The molecule has 0 amide bonds. The quantitative estimate of drug-likeness (QED) is 0.498. The van der Waals surface area contributed by atoms with Crippen molar-refractivity contribution in [3.8, 4) is 0 Å². The van der Waals surface area contributed by atoms with Gasteiger partial charge in [0.15, 0.2) is 0 Å². The van der Waals surface area contributed by atoms with Crippen LogP contribution in [0.4, 0.5) is 0 Å². The summed E-state index contributed by atoms with van der Waals surface area (Å²) in [5.74, 6) is 0. The van der Waals surface area contributed by atoms with Gasteiger partial charge in [-0.15, -0.1) is 12.4 Å². The molecule has 2 aromatic heterocycles. The van der Waals surface area contributed by atoms with E-state index in [4.69, 9.17) is 0 Å². The van der Waals surface area contributed by atoms with Crippen LogP contribution in [0.3, 0.4) is 0 Å². The van der Waals surface area contributed by atoms with E-state index >= 15 is 0 Å². The molecule has 3 aromatic rings. The van der Waals surface area contributed by atoms with Gasteiger partial charge in [0.25, 0.3) is 0 Å². The highest BCUT2D eigenvalue weighted by atomic mass is 35.5. The van der Waals surface area contributed by atoms with Crippen molar-refractivity contribution >= 4 is 28.7 Å². The maximum atomic E-state index is 2.16. The SMILES string of the molecule is Cl.c1cc2ccn3ccc(c1)c23. The lowest BCUT2D eigenvalue weighted by Crippen LogP contribution is -1.69. The summed E-state index contributed by atoms with van der Waals surface area (Å²) in [5.41, 5.74) is 1.34. The smallest absolute Gasteiger partial charge is 0.0595 e. The van der Waals surface area contributed by atoms with E-state index < -0.39 is 0 Å². The van der Waals surface area contributed by atoms with E-state index in [-0.39, 0.29) is 12.4 Å². The fourth-order valence-electron chi connectivity index (χ4n) is 1.67. The van der Waals surface area contributed by atoms with Gasteiger partial charge in [-0.3, -0.25) is 0 Å². The predicted octanol–water partition coefficient (Wildman–Crippen LogP) is 2.95. The average Bonchev–Trinajstić information content (AvgIpc) is 2.60. The molecule has 0 saturated carbocycles.